The molecule has 1 saturated heterocycles. The van der Waals surface area contributed by atoms with Gasteiger partial charge in [-0.2, -0.15) is 0 Å². The largest absolute Gasteiger partial charge is 0.378 e. The lowest BCUT2D eigenvalue weighted by atomic mass is 10.2. The van der Waals surface area contributed by atoms with Crippen LogP contribution in [0.3, 0.4) is 0 Å². The summed E-state index contributed by atoms with van der Waals surface area (Å²) in [5.74, 6) is 0. The van der Waals surface area contributed by atoms with Gasteiger partial charge in [-0.1, -0.05) is 6.07 Å². The Bertz CT molecular complexity index is 362. The lowest BCUT2D eigenvalue weighted by Crippen LogP contribution is -2.36. The normalized spacial score (nSPS) is 16.5. The Labute approximate surface area is 94.4 Å². The third-order valence-corrected chi connectivity index (χ3v) is 2.87. The number of benzene rings is 1. The molecule has 0 saturated carbocycles. The fourth-order valence-electron chi connectivity index (χ4n) is 1.67. The molecule has 15 heavy (non-hydrogen) atoms. The predicted molar refractivity (Wildman–Crippen MR) is 62.1 cm³/mol. The first-order chi connectivity index (χ1) is 7.31. The summed E-state index contributed by atoms with van der Waals surface area (Å²) < 4.78 is 5.28. The molecule has 0 amide bonds. The van der Waals surface area contributed by atoms with Gasteiger partial charge in [0.05, 0.1) is 18.9 Å². The number of nitrogens with zero attached hydrogens (tertiary/aromatic N) is 1. The molecule has 0 aliphatic carbocycles. The highest BCUT2D eigenvalue weighted by molar-refractivity contribution is 7.80. The molecule has 0 spiro atoms. The van der Waals surface area contributed by atoms with Crippen molar-refractivity contribution >= 4 is 24.6 Å². The molecule has 0 bridgehead atoms. The molecular formula is C11H13NO2S. The number of hydrogen-bond acceptors (Lipinski definition) is 4. The predicted octanol–water partition coefficient (Wildman–Crippen LogP) is 1.62. The summed E-state index contributed by atoms with van der Waals surface area (Å²) in [4.78, 5) is 13.8. The third kappa shape index (κ3) is 2.33. The summed E-state index contributed by atoms with van der Waals surface area (Å²) >= 11 is 4.40. The van der Waals surface area contributed by atoms with Gasteiger partial charge in [0.1, 0.15) is 6.29 Å². The number of morpholine rings is 1. The van der Waals surface area contributed by atoms with Crippen LogP contribution >= 0.6 is 12.6 Å². The molecular weight excluding hydrogens is 210 g/mol. The molecule has 1 aliphatic rings. The van der Waals surface area contributed by atoms with Gasteiger partial charge >= 0.3 is 0 Å². The highest BCUT2D eigenvalue weighted by Crippen LogP contribution is 2.25. The highest BCUT2D eigenvalue weighted by Gasteiger charge is 2.13. The van der Waals surface area contributed by atoms with Gasteiger partial charge in [0.25, 0.3) is 0 Å². The maximum atomic E-state index is 10.7. The molecule has 1 aromatic carbocycles. The summed E-state index contributed by atoms with van der Waals surface area (Å²) in [5.41, 5.74) is 1.71. The van der Waals surface area contributed by atoms with Crippen molar-refractivity contribution in [3.8, 4) is 0 Å². The molecule has 0 N–H and O–H groups in total. The van der Waals surface area contributed by atoms with E-state index < -0.39 is 0 Å². The second kappa shape index (κ2) is 4.68. The van der Waals surface area contributed by atoms with Crippen LogP contribution in [0.2, 0.25) is 0 Å². The van der Waals surface area contributed by atoms with Gasteiger partial charge in [-0.25, -0.2) is 0 Å². The molecule has 3 nitrogen and oxygen atoms in total. The van der Waals surface area contributed by atoms with Gasteiger partial charge in [0.2, 0.25) is 0 Å². The number of aldehydes is 1. The van der Waals surface area contributed by atoms with E-state index in [4.69, 9.17) is 4.74 Å². The number of carbonyl (C=O) groups is 1. The van der Waals surface area contributed by atoms with Crippen molar-refractivity contribution < 1.29 is 9.53 Å². The number of hydrogen-bond donors (Lipinski definition) is 1. The maximum Gasteiger partial charge on any atom is 0.150 e. The second-order valence-corrected chi connectivity index (χ2v) is 3.95. The Hall–Kier alpha value is -1.00. The number of rotatable bonds is 2. The Morgan fingerprint density at radius 3 is 2.73 bits per heavy atom. The molecule has 80 valence electrons. The first-order valence-electron chi connectivity index (χ1n) is 4.92. The molecule has 0 unspecified atom stereocenters. The maximum absolute atomic E-state index is 10.7. The number of ether oxygens (including phenoxy) is 1. The lowest BCUT2D eigenvalue weighted by Gasteiger charge is -2.29. The van der Waals surface area contributed by atoms with Crippen LogP contribution in [-0.2, 0) is 4.74 Å². The summed E-state index contributed by atoms with van der Waals surface area (Å²) in [6.45, 7) is 3.18. The molecule has 0 atom stereocenters. The van der Waals surface area contributed by atoms with Crippen molar-refractivity contribution in [2.45, 2.75) is 4.90 Å². The Kier molecular flexibility index (Phi) is 3.28. The van der Waals surface area contributed by atoms with Gasteiger partial charge in [-0.15, -0.1) is 12.6 Å². The van der Waals surface area contributed by atoms with E-state index in [9.17, 15) is 4.79 Å². The summed E-state index contributed by atoms with van der Waals surface area (Å²) in [7, 11) is 0. The van der Waals surface area contributed by atoms with Crippen LogP contribution in [0.25, 0.3) is 0 Å². The average molecular weight is 223 g/mol. The SMILES string of the molecule is O=Cc1ccc(S)c(N2CCOCC2)c1. The van der Waals surface area contributed by atoms with Crippen molar-refractivity contribution in [2.24, 2.45) is 0 Å². The van der Waals surface area contributed by atoms with E-state index in [-0.39, 0.29) is 0 Å². The number of carbonyl (C=O) groups excluding carboxylic acids is 1. The molecule has 1 aliphatic heterocycles. The van der Waals surface area contributed by atoms with Crippen LogP contribution in [0.5, 0.6) is 0 Å². The fourth-order valence-corrected chi connectivity index (χ4v) is 1.95. The molecule has 2 rings (SSSR count). The van der Waals surface area contributed by atoms with Crippen LogP contribution in [0, 0.1) is 0 Å². The van der Waals surface area contributed by atoms with E-state index in [2.05, 4.69) is 17.5 Å². The van der Waals surface area contributed by atoms with E-state index >= 15 is 0 Å². The zero-order valence-electron chi connectivity index (χ0n) is 8.35. The number of anilines is 1. The number of thiol groups is 1. The zero-order valence-corrected chi connectivity index (χ0v) is 9.24. The summed E-state index contributed by atoms with van der Waals surface area (Å²) in [5, 5.41) is 0. The van der Waals surface area contributed by atoms with E-state index in [0.29, 0.717) is 5.56 Å². The van der Waals surface area contributed by atoms with Crippen molar-refractivity contribution in [1.82, 2.24) is 0 Å². The molecule has 1 heterocycles. The van der Waals surface area contributed by atoms with Crippen molar-refractivity contribution in [2.75, 3.05) is 31.2 Å². The van der Waals surface area contributed by atoms with Crippen LogP contribution in [-0.4, -0.2) is 32.6 Å². The Morgan fingerprint density at radius 2 is 2.07 bits per heavy atom. The minimum Gasteiger partial charge on any atom is -0.378 e. The molecule has 0 aromatic heterocycles. The lowest BCUT2D eigenvalue weighted by molar-refractivity contribution is 0.112. The quantitative estimate of drug-likeness (QED) is 0.610. The van der Waals surface area contributed by atoms with E-state index in [1.54, 1.807) is 6.07 Å². The smallest absolute Gasteiger partial charge is 0.150 e. The van der Waals surface area contributed by atoms with Crippen molar-refractivity contribution in [3.63, 3.8) is 0 Å². The van der Waals surface area contributed by atoms with E-state index in [1.807, 2.05) is 12.1 Å². The molecule has 0 radical (unpaired) electrons. The van der Waals surface area contributed by atoms with Crippen LogP contribution in [0.1, 0.15) is 10.4 Å². The Balaban J connectivity index is 2.28. The van der Waals surface area contributed by atoms with Crippen molar-refractivity contribution in [1.29, 1.82) is 0 Å². The first kappa shape index (κ1) is 10.5. The topological polar surface area (TPSA) is 29.5 Å². The highest BCUT2D eigenvalue weighted by atomic mass is 32.1. The zero-order chi connectivity index (χ0) is 10.7. The van der Waals surface area contributed by atoms with Gasteiger partial charge in [0.15, 0.2) is 0 Å². The van der Waals surface area contributed by atoms with Crippen LogP contribution in [0.15, 0.2) is 23.1 Å². The van der Waals surface area contributed by atoms with Gasteiger partial charge in [-0.3, -0.25) is 4.79 Å². The summed E-state index contributed by atoms with van der Waals surface area (Å²) in [6, 6.07) is 5.51. The van der Waals surface area contributed by atoms with Crippen molar-refractivity contribution in [3.05, 3.63) is 23.8 Å². The van der Waals surface area contributed by atoms with Crippen LogP contribution in [0.4, 0.5) is 5.69 Å². The summed E-state index contributed by atoms with van der Waals surface area (Å²) in [6.07, 6.45) is 0.858. The monoisotopic (exact) mass is 223 g/mol. The Morgan fingerprint density at radius 1 is 1.33 bits per heavy atom. The standard InChI is InChI=1S/C11H13NO2S/c13-8-9-1-2-11(15)10(7-9)12-3-5-14-6-4-12/h1-2,7-8,15H,3-6H2. The van der Waals surface area contributed by atoms with E-state index in [1.165, 1.54) is 0 Å². The second-order valence-electron chi connectivity index (χ2n) is 3.47. The van der Waals surface area contributed by atoms with Gasteiger partial charge in [0, 0.05) is 23.5 Å². The minimum absolute atomic E-state index is 0.689. The van der Waals surface area contributed by atoms with Gasteiger partial charge in [-0.05, 0) is 12.1 Å². The third-order valence-electron chi connectivity index (χ3n) is 2.49. The van der Waals surface area contributed by atoms with E-state index in [0.717, 1.165) is 43.2 Å². The first-order valence-corrected chi connectivity index (χ1v) is 5.37. The molecule has 1 aromatic rings. The molecule has 1 fully saturated rings. The molecule has 4 heteroatoms. The average Bonchev–Trinajstić information content (AvgIpc) is 2.31. The minimum atomic E-state index is 0.689. The van der Waals surface area contributed by atoms with Crippen LogP contribution < -0.4 is 4.90 Å². The fraction of sp³-hybridized carbons (Fsp3) is 0.364. The van der Waals surface area contributed by atoms with Gasteiger partial charge < -0.3 is 9.64 Å².